The number of guanidine groups is 1. The molecule has 1 rings (SSSR count). The number of rotatable bonds is 9. The van der Waals surface area contributed by atoms with Crippen LogP contribution < -0.4 is 10.6 Å². The first-order valence-electron chi connectivity index (χ1n) is 8.89. The van der Waals surface area contributed by atoms with E-state index < -0.39 is 5.60 Å². The molecule has 0 radical (unpaired) electrons. The number of nitrogens with zero attached hydrogens (tertiary/aromatic N) is 2. The molecule has 0 aliphatic rings. The molecule has 0 spiro atoms. The van der Waals surface area contributed by atoms with Gasteiger partial charge in [-0.15, -0.1) is 24.0 Å². The Morgan fingerprint density at radius 2 is 1.92 bits per heavy atom. The molecular weight excluding hydrogens is 431 g/mol. The first kappa shape index (κ1) is 24.2. The Labute approximate surface area is 169 Å². The molecule has 0 saturated heterocycles. The van der Waals surface area contributed by atoms with E-state index in [0.717, 1.165) is 31.9 Å². The van der Waals surface area contributed by atoms with Crippen LogP contribution in [-0.4, -0.2) is 54.7 Å². The Kier molecular flexibility index (Phi) is 11.4. The molecule has 0 bridgehead atoms. The van der Waals surface area contributed by atoms with Gasteiger partial charge in [-0.05, 0) is 52.9 Å². The molecule has 146 valence electrons. The lowest BCUT2D eigenvalue weighted by Gasteiger charge is -2.27. The maximum atomic E-state index is 10.6. The van der Waals surface area contributed by atoms with E-state index in [1.807, 2.05) is 19.9 Å². The fraction of sp³-hybridized carbons (Fsp3) is 0.722. The van der Waals surface area contributed by atoms with Crippen LogP contribution in [0.4, 0.5) is 0 Å². The van der Waals surface area contributed by atoms with Crippen molar-refractivity contribution in [1.29, 1.82) is 0 Å². The number of aryl methyl sites for hydroxylation is 1. The van der Waals surface area contributed by atoms with Crippen LogP contribution in [0.15, 0.2) is 21.5 Å². The van der Waals surface area contributed by atoms with E-state index in [0.29, 0.717) is 17.8 Å². The Morgan fingerprint density at radius 1 is 1.28 bits per heavy atom. The first-order chi connectivity index (χ1) is 11.3. The highest BCUT2D eigenvalue weighted by Crippen LogP contribution is 2.22. The van der Waals surface area contributed by atoms with Crippen LogP contribution in [0, 0.1) is 6.92 Å². The van der Waals surface area contributed by atoms with Gasteiger partial charge in [0.15, 0.2) is 5.96 Å². The molecule has 25 heavy (non-hydrogen) atoms. The van der Waals surface area contributed by atoms with Gasteiger partial charge in [0, 0.05) is 19.1 Å². The third-order valence-electron chi connectivity index (χ3n) is 4.16. The van der Waals surface area contributed by atoms with Crippen LogP contribution in [0.2, 0.25) is 0 Å². The van der Waals surface area contributed by atoms with Crippen LogP contribution in [-0.2, 0) is 5.60 Å². The van der Waals surface area contributed by atoms with Gasteiger partial charge < -0.3 is 20.2 Å². The quantitative estimate of drug-likeness (QED) is 0.297. The number of aliphatic hydroxyl groups is 1. The molecular formula is C18H35IN4O2. The minimum absolute atomic E-state index is 0. The third-order valence-corrected chi connectivity index (χ3v) is 4.16. The molecule has 1 heterocycles. The van der Waals surface area contributed by atoms with Crippen molar-refractivity contribution >= 4 is 29.9 Å². The van der Waals surface area contributed by atoms with Crippen LogP contribution in [0.25, 0.3) is 0 Å². The number of furan rings is 1. The Morgan fingerprint density at radius 3 is 2.40 bits per heavy atom. The summed E-state index contributed by atoms with van der Waals surface area (Å²) in [5.74, 6) is 2.03. The van der Waals surface area contributed by atoms with Crippen molar-refractivity contribution in [3.05, 3.63) is 23.7 Å². The smallest absolute Gasteiger partial charge is 0.191 e. The highest BCUT2D eigenvalue weighted by molar-refractivity contribution is 14.0. The van der Waals surface area contributed by atoms with E-state index in [1.165, 1.54) is 0 Å². The van der Waals surface area contributed by atoms with Crippen LogP contribution in [0.1, 0.15) is 46.1 Å². The first-order valence-corrected chi connectivity index (χ1v) is 8.89. The molecule has 1 aromatic rings. The molecule has 7 heteroatoms. The van der Waals surface area contributed by atoms with E-state index in [9.17, 15) is 5.11 Å². The van der Waals surface area contributed by atoms with Crippen molar-refractivity contribution < 1.29 is 9.52 Å². The van der Waals surface area contributed by atoms with E-state index in [2.05, 4.69) is 41.3 Å². The second-order valence-electron chi connectivity index (χ2n) is 6.33. The van der Waals surface area contributed by atoms with Crippen molar-refractivity contribution in [3.8, 4) is 0 Å². The highest BCUT2D eigenvalue weighted by Gasteiger charge is 2.26. The van der Waals surface area contributed by atoms with Gasteiger partial charge in [0.05, 0.1) is 6.54 Å². The largest absolute Gasteiger partial charge is 0.463 e. The van der Waals surface area contributed by atoms with Gasteiger partial charge in [-0.3, -0.25) is 4.90 Å². The summed E-state index contributed by atoms with van der Waals surface area (Å²) in [5.41, 5.74) is -1.12. The molecule has 2 unspecified atom stereocenters. The van der Waals surface area contributed by atoms with E-state index in [4.69, 9.17) is 4.42 Å². The maximum Gasteiger partial charge on any atom is 0.191 e. The highest BCUT2D eigenvalue weighted by atomic mass is 127. The van der Waals surface area contributed by atoms with Gasteiger partial charge >= 0.3 is 0 Å². The number of hydrogen-bond acceptors (Lipinski definition) is 4. The predicted octanol–water partition coefficient (Wildman–Crippen LogP) is 2.70. The fourth-order valence-corrected chi connectivity index (χ4v) is 2.60. The summed E-state index contributed by atoms with van der Waals surface area (Å²) in [6.45, 7) is 16.0. The number of nitrogens with one attached hydrogen (secondary N) is 2. The van der Waals surface area contributed by atoms with Gasteiger partial charge in [0.2, 0.25) is 0 Å². The maximum absolute atomic E-state index is 10.6. The zero-order valence-electron chi connectivity index (χ0n) is 16.4. The second-order valence-corrected chi connectivity index (χ2v) is 6.33. The van der Waals surface area contributed by atoms with E-state index in [1.54, 1.807) is 13.0 Å². The summed E-state index contributed by atoms with van der Waals surface area (Å²) in [6.07, 6.45) is 0. The van der Waals surface area contributed by atoms with Gasteiger partial charge in [-0.2, -0.15) is 0 Å². The monoisotopic (exact) mass is 466 g/mol. The number of halogens is 1. The van der Waals surface area contributed by atoms with Crippen molar-refractivity contribution in [1.82, 2.24) is 15.5 Å². The summed E-state index contributed by atoms with van der Waals surface area (Å²) in [4.78, 5) is 6.91. The molecule has 0 aliphatic carbocycles. The number of aliphatic imine (C=N–C) groups is 1. The van der Waals surface area contributed by atoms with E-state index >= 15 is 0 Å². The summed E-state index contributed by atoms with van der Waals surface area (Å²) in [7, 11) is 0. The zero-order valence-corrected chi connectivity index (χ0v) is 18.8. The van der Waals surface area contributed by atoms with Crippen LogP contribution in [0.3, 0.4) is 0 Å². The summed E-state index contributed by atoms with van der Waals surface area (Å²) < 4.78 is 5.53. The Bertz CT molecular complexity index is 513. The Balaban J connectivity index is 0.00000576. The topological polar surface area (TPSA) is 73.0 Å². The Hall–Kier alpha value is -0.800. The lowest BCUT2D eigenvalue weighted by atomic mass is 10.0. The molecule has 0 amide bonds. The van der Waals surface area contributed by atoms with Crippen molar-refractivity contribution in [2.75, 3.05) is 32.7 Å². The molecule has 0 aromatic carbocycles. The van der Waals surface area contributed by atoms with Gasteiger partial charge in [0.1, 0.15) is 17.1 Å². The summed E-state index contributed by atoms with van der Waals surface area (Å²) in [5, 5.41) is 17.2. The summed E-state index contributed by atoms with van der Waals surface area (Å²) >= 11 is 0. The zero-order chi connectivity index (χ0) is 18.2. The molecule has 6 nitrogen and oxygen atoms in total. The lowest BCUT2D eigenvalue weighted by Crippen LogP contribution is -2.46. The molecule has 3 N–H and O–H groups in total. The SMILES string of the molecule is CCNC(=NCC(C)(O)c1ccc(C)o1)NCC(C)N(CC)CC.I. The minimum atomic E-state index is -1.12. The number of hydrogen-bond donors (Lipinski definition) is 3. The van der Waals surface area contributed by atoms with Crippen LogP contribution >= 0.6 is 24.0 Å². The summed E-state index contributed by atoms with van der Waals surface area (Å²) in [6, 6.07) is 4.06. The van der Waals surface area contributed by atoms with Gasteiger partial charge in [-0.1, -0.05) is 13.8 Å². The standard InChI is InChI=1S/C18H34N4O2.HI/c1-7-19-17(20-12-14(4)22(8-2)9-3)21-13-18(6,23)16-11-10-15(5)24-16;/h10-11,14,23H,7-9,12-13H2,1-6H3,(H2,19,20,21);1H. The average Bonchev–Trinajstić information content (AvgIpc) is 2.98. The van der Waals surface area contributed by atoms with Crippen LogP contribution in [0.5, 0.6) is 0 Å². The van der Waals surface area contributed by atoms with Crippen molar-refractivity contribution in [2.45, 2.75) is 53.2 Å². The van der Waals surface area contributed by atoms with Gasteiger partial charge in [0.25, 0.3) is 0 Å². The molecule has 0 saturated carbocycles. The average molecular weight is 466 g/mol. The van der Waals surface area contributed by atoms with E-state index in [-0.39, 0.29) is 30.5 Å². The van der Waals surface area contributed by atoms with Crippen molar-refractivity contribution in [3.63, 3.8) is 0 Å². The third kappa shape index (κ3) is 7.96. The second kappa shape index (κ2) is 11.7. The van der Waals surface area contributed by atoms with Gasteiger partial charge in [-0.25, -0.2) is 4.99 Å². The lowest BCUT2D eigenvalue weighted by molar-refractivity contribution is 0.0428. The normalized spacial score (nSPS) is 15.4. The fourth-order valence-electron chi connectivity index (χ4n) is 2.60. The molecule has 0 aliphatic heterocycles. The number of likely N-dealkylation sites (N-methyl/N-ethyl adjacent to an activating group) is 1. The molecule has 1 aromatic heterocycles. The minimum Gasteiger partial charge on any atom is -0.463 e. The van der Waals surface area contributed by atoms with Crippen molar-refractivity contribution in [2.24, 2.45) is 4.99 Å². The predicted molar refractivity (Wildman–Crippen MR) is 115 cm³/mol. The molecule has 0 fully saturated rings. The molecule has 2 atom stereocenters.